The molecule has 0 saturated heterocycles. The molecule has 0 bridgehead atoms. The van der Waals surface area contributed by atoms with Gasteiger partial charge in [-0.15, -0.1) is 11.8 Å². The first-order valence-electron chi connectivity index (χ1n) is 7.69. The number of hydrogen-bond donors (Lipinski definition) is 1. The third kappa shape index (κ3) is 6.19. The van der Waals surface area contributed by atoms with Crippen LogP contribution in [0.15, 0.2) is 52.3 Å². The van der Waals surface area contributed by atoms with Gasteiger partial charge in [-0.3, -0.25) is 0 Å². The number of nitrogens with one attached hydrogen (secondary N) is 1. The zero-order chi connectivity index (χ0) is 19.9. The molecule has 0 fully saturated rings. The highest BCUT2D eigenvalue weighted by Crippen LogP contribution is 2.28. The van der Waals surface area contributed by atoms with Gasteiger partial charge in [0.25, 0.3) is 0 Å². The van der Waals surface area contributed by atoms with E-state index >= 15 is 0 Å². The van der Waals surface area contributed by atoms with Crippen molar-refractivity contribution in [2.45, 2.75) is 9.79 Å². The van der Waals surface area contributed by atoms with E-state index in [2.05, 4.69) is 9.46 Å². The Morgan fingerprint density at radius 3 is 2.37 bits per heavy atom. The van der Waals surface area contributed by atoms with Gasteiger partial charge in [-0.2, -0.15) is 0 Å². The summed E-state index contributed by atoms with van der Waals surface area (Å²) < 4.78 is 63.5. The van der Waals surface area contributed by atoms with Crippen molar-refractivity contribution in [1.82, 2.24) is 4.72 Å². The van der Waals surface area contributed by atoms with E-state index in [9.17, 15) is 22.0 Å². The minimum atomic E-state index is -3.63. The van der Waals surface area contributed by atoms with E-state index in [1.807, 2.05) is 0 Å². The van der Waals surface area contributed by atoms with E-state index in [0.29, 0.717) is 0 Å². The Bertz CT molecular complexity index is 868. The SMILES string of the molecule is COC(=O)COc1c(F)cc(SCCNS(=O)(=O)c2ccccc2)cc1F. The molecule has 0 unspecified atom stereocenters. The molecule has 2 rings (SSSR count). The predicted octanol–water partition coefficient (Wildman–Crippen LogP) is 2.59. The predicted molar refractivity (Wildman–Crippen MR) is 96.2 cm³/mol. The molecule has 1 N–H and O–H groups in total. The Kier molecular flexibility index (Phi) is 7.57. The summed E-state index contributed by atoms with van der Waals surface area (Å²) in [4.78, 5) is 11.4. The van der Waals surface area contributed by atoms with E-state index in [4.69, 9.17) is 4.74 Å². The second-order valence-electron chi connectivity index (χ2n) is 5.14. The number of thioether (sulfide) groups is 1. The van der Waals surface area contributed by atoms with Gasteiger partial charge in [0.1, 0.15) is 0 Å². The molecule has 0 saturated carbocycles. The molecule has 146 valence electrons. The fraction of sp³-hybridized carbons (Fsp3) is 0.235. The lowest BCUT2D eigenvalue weighted by Crippen LogP contribution is -2.25. The lowest BCUT2D eigenvalue weighted by Gasteiger charge is -2.10. The standard InChI is InChI=1S/C17H17F2NO5S2/c1-24-16(21)11-25-17-14(18)9-12(10-15(17)19)26-8-7-20-27(22,23)13-5-3-2-4-6-13/h2-6,9-10,20H,7-8,11H2,1H3. The summed E-state index contributed by atoms with van der Waals surface area (Å²) in [6.07, 6.45) is 0. The molecule has 0 radical (unpaired) electrons. The van der Waals surface area contributed by atoms with Crippen LogP contribution in [0.25, 0.3) is 0 Å². The maximum Gasteiger partial charge on any atom is 0.343 e. The Morgan fingerprint density at radius 1 is 1.15 bits per heavy atom. The smallest absolute Gasteiger partial charge is 0.343 e. The molecule has 0 spiro atoms. The van der Waals surface area contributed by atoms with Crippen LogP contribution < -0.4 is 9.46 Å². The molecule has 2 aromatic carbocycles. The van der Waals surface area contributed by atoms with Gasteiger partial charge in [-0.25, -0.2) is 26.7 Å². The number of halogens is 2. The number of esters is 1. The summed E-state index contributed by atoms with van der Waals surface area (Å²) >= 11 is 1.07. The topological polar surface area (TPSA) is 81.7 Å². The van der Waals surface area contributed by atoms with E-state index in [1.54, 1.807) is 18.2 Å². The van der Waals surface area contributed by atoms with Crippen molar-refractivity contribution >= 4 is 27.8 Å². The normalized spacial score (nSPS) is 11.2. The molecule has 2 aromatic rings. The van der Waals surface area contributed by atoms with E-state index in [1.165, 1.54) is 12.1 Å². The highest BCUT2D eigenvalue weighted by Gasteiger charge is 2.16. The Balaban J connectivity index is 1.90. The van der Waals surface area contributed by atoms with E-state index in [-0.39, 0.29) is 22.1 Å². The second-order valence-corrected chi connectivity index (χ2v) is 8.08. The molecule has 0 aliphatic rings. The van der Waals surface area contributed by atoms with Gasteiger partial charge in [-0.1, -0.05) is 18.2 Å². The number of sulfonamides is 1. The van der Waals surface area contributed by atoms with Gasteiger partial charge < -0.3 is 9.47 Å². The van der Waals surface area contributed by atoms with Crippen molar-refractivity contribution in [3.8, 4) is 5.75 Å². The number of rotatable bonds is 9. The van der Waals surface area contributed by atoms with Crippen LogP contribution in [0.2, 0.25) is 0 Å². The summed E-state index contributed by atoms with van der Waals surface area (Å²) in [7, 11) is -2.50. The first-order valence-corrected chi connectivity index (χ1v) is 10.2. The maximum atomic E-state index is 13.9. The van der Waals surface area contributed by atoms with Crippen molar-refractivity contribution in [1.29, 1.82) is 0 Å². The number of ether oxygens (including phenoxy) is 2. The van der Waals surface area contributed by atoms with Crippen molar-refractivity contribution in [2.24, 2.45) is 0 Å². The highest BCUT2D eigenvalue weighted by molar-refractivity contribution is 7.99. The lowest BCUT2D eigenvalue weighted by molar-refractivity contribution is -0.143. The van der Waals surface area contributed by atoms with Crippen LogP contribution in [0, 0.1) is 11.6 Å². The van der Waals surface area contributed by atoms with Crippen molar-refractivity contribution in [3.05, 3.63) is 54.1 Å². The molecular weight excluding hydrogens is 400 g/mol. The summed E-state index contributed by atoms with van der Waals surface area (Å²) in [5, 5.41) is 0. The Labute approximate surface area is 159 Å². The lowest BCUT2D eigenvalue weighted by atomic mass is 10.3. The first-order chi connectivity index (χ1) is 12.8. The minimum absolute atomic E-state index is 0.0751. The summed E-state index contributed by atoms with van der Waals surface area (Å²) in [6, 6.07) is 9.95. The van der Waals surface area contributed by atoms with Crippen LogP contribution in [0.1, 0.15) is 0 Å². The second kappa shape index (κ2) is 9.67. The minimum Gasteiger partial charge on any atom is -0.476 e. The highest BCUT2D eigenvalue weighted by atomic mass is 32.2. The Hall–Kier alpha value is -2.17. The molecule has 0 amide bonds. The monoisotopic (exact) mass is 417 g/mol. The summed E-state index contributed by atoms with van der Waals surface area (Å²) in [6.45, 7) is -0.538. The zero-order valence-corrected chi connectivity index (χ0v) is 15.9. The van der Waals surface area contributed by atoms with Crippen molar-refractivity contribution in [2.75, 3.05) is 26.0 Å². The van der Waals surface area contributed by atoms with Crippen LogP contribution in [-0.2, 0) is 19.6 Å². The largest absolute Gasteiger partial charge is 0.476 e. The van der Waals surface area contributed by atoms with E-state index in [0.717, 1.165) is 31.0 Å². The molecule has 6 nitrogen and oxygen atoms in total. The number of benzene rings is 2. The maximum absolute atomic E-state index is 13.9. The summed E-state index contributed by atoms with van der Waals surface area (Å²) in [5.74, 6) is -3.11. The molecule has 10 heteroatoms. The average Bonchev–Trinajstić information content (AvgIpc) is 2.65. The van der Waals surface area contributed by atoms with Gasteiger partial charge in [0.2, 0.25) is 10.0 Å². The number of carbonyl (C=O) groups excluding carboxylic acids is 1. The number of methoxy groups -OCH3 is 1. The number of hydrogen-bond acceptors (Lipinski definition) is 6. The third-order valence-electron chi connectivity index (χ3n) is 3.25. The van der Waals surface area contributed by atoms with Crippen LogP contribution in [0.4, 0.5) is 8.78 Å². The van der Waals surface area contributed by atoms with Gasteiger partial charge in [0, 0.05) is 17.2 Å². The van der Waals surface area contributed by atoms with Crippen LogP contribution in [0.3, 0.4) is 0 Å². The molecule has 27 heavy (non-hydrogen) atoms. The van der Waals surface area contributed by atoms with E-state index < -0.39 is 40.0 Å². The number of carbonyl (C=O) groups is 1. The molecule has 0 aromatic heterocycles. The van der Waals surface area contributed by atoms with Crippen molar-refractivity contribution in [3.63, 3.8) is 0 Å². The zero-order valence-electron chi connectivity index (χ0n) is 14.3. The van der Waals surface area contributed by atoms with Gasteiger partial charge in [0.15, 0.2) is 24.0 Å². The Morgan fingerprint density at radius 2 is 1.78 bits per heavy atom. The average molecular weight is 417 g/mol. The fourth-order valence-electron chi connectivity index (χ4n) is 1.98. The third-order valence-corrected chi connectivity index (χ3v) is 5.70. The molecule has 0 atom stereocenters. The molecule has 0 aliphatic heterocycles. The molecular formula is C17H17F2NO5S2. The van der Waals surface area contributed by atoms with Gasteiger partial charge >= 0.3 is 5.97 Å². The molecule has 0 aliphatic carbocycles. The summed E-state index contributed by atoms with van der Waals surface area (Å²) in [5.41, 5.74) is 0. The quantitative estimate of drug-likeness (QED) is 0.384. The van der Waals surface area contributed by atoms with Crippen LogP contribution in [0.5, 0.6) is 5.75 Å². The van der Waals surface area contributed by atoms with Gasteiger partial charge in [-0.05, 0) is 24.3 Å². The van der Waals surface area contributed by atoms with Crippen LogP contribution >= 0.6 is 11.8 Å². The fourth-order valence-corrected chi connectivity index (χ4v) is 3.97. The first kappa shape index (κ1) is 21.1. The molecule has 0 heterocycles. The van der Waals surface area contributed by atoms with Crippen LogP contribution in [-0.4, -0.2) is 40.4 Å². The van der Waals surface area contributed by atoms with Gasteiger partial charge in [0.05, 0.1) is 12.0 Å². The van der Waals surface area contributed by atoms with Crippen molar-refractivity contribution < 1.29 is 31.5 Å².